The van der Waals surface area contributed by atoms with Gasteiger partial charge in [-0.1, -0.05) is 22.9 Å². The predicted octanol–water partition coefficient (Wildman–Crippen LogP) is 4.75. The molecular weight excluding hydrogens is 416 g/mol. The number of amides is 1. The summed E-state index contributed by atoms with van der Waals surface area (Å²) in [7, 11) is 1.73. The number of carbonyl (C=O) groups is 1. The topological polar surface area (TPSA) is 32.8 Å². The molecular formula is C23H35BrN2O2. The van der Waals surface area contributed by atoms with E-state index < -0.39 is 0 Å². The summed E-state index contributed by atoms with van der Waals surface area (Å²) in [6, 6.07) is 6.28. The number of carbonyl (C=O) groups excluding carboxylic acids is 1. The molecule has 0 spiro atoms. The van der Waals surface area contributed by atoms with Crippen molar-refractivity contribution in [3.63, 3.8) is 0 Å². The normalized spacial score (nSPS) is 21.7. The smallest absolute Gasteiger partial charge is 0.222 e. The Morgan fingerprint density at radius 3 is 2.68 bits per heavy atom. The van der Waals surface area contributed by atoms with E-state index in [0.717, 1.165) is 31.2 Å². The molecule has 2 fully saturated rings. The molecule has 2 aliphatic heterocycles. The van der Waals surface area contributed by atoms with Crippen molar-refractivity contribution >= 4 is 21.8 Å². The first kappa shape index (κ1) is 21.6. The van der Waals surface area contributed by atoms with Crippen LogP contribution in [0.3, 0.4) is 0 Å². The maximum absolute atomic E-state index is 12.0. The molecule has 4 nitrogen and oxygen atoms in total. The monoisotopic (exact) mass is 450 g/mol. The highest BCUT2D eigenvalue weighted by molar-refractivity contribution is 9.10. The van der Waals surface area contributed by atoms with Gasteiger partial charge in [0.05, 0.1) is 7.11 Å². The van der Waals surface area contributed by atoms with Gasteiger partial charge < -0.3 is 14.5 Å². The van der Waals surface area contributed by atoms with Crippen molar-refractivity contribution in [2.75, 3.05) is 39.8 Å². The maximum Gasteiger partial charge on any atom is 0.222 e. The molecule has 1 aromatic carbocycles. The zero-order chi connectivity index (χ0) is 19.9. The van der Waals surface area contributed by atoms with Crippen molar-refractivity contribution < 1.29 is 9.53 Å². The van der Waals surface area contributed by atoms with Crippen LogP contribution >= 0.6 is 15.9 Å². The van der Waals surface area contributed by atoms with Crippen molar-refractivity contribution in [3.8, 4) is 5.75 Å². The minimum absolute atomic E-state index is 0.328. The molecule has 2 heterocycles. The molecule has 1 amide bonds. The van der Waals surface area contributed by atoms with E-state index in [1.54, 1.807) is 7.11 Å². The number of benzene rings is 1. The van der Waals surface area contributed by atoms with Gasteiger partial charge in [-0.15, -0.1) is 0 Å². The van der Waals surface area contributed by atoms with Gasteiger partial charge >= 0.3 is 0 Å². The van der Waals surface area contributed by atoms with Gasteiger partial charge in [-0.3, -0.25) is 4.79 Å². The van der Waals surface area contributed by atoms with Crippen LogP contribution in [0.5, 0.6) is 5.75 Å². The lowest BCUT2D eigenvalue weighted by molar-refractivity contribution is -0.132. The highest BCUT2D eigenvalue weighted by Gasteiger charge is 2.25. The lowest BCUT2D eigenvalue weighted by atomic mass is 9.89. The molecule has 1 atom stereocenters. The summed E-state index contributed by atoms with van der Waals surface area (Å²) in [5.74, 6) is 2.72. The lowest BCUT2D eigenvalue weighted by Gasteiger charge is -2.36. The molecule has 0 N–H and O–H groups in total. The first-order valence-corrected chi connectivity index (χ1v) is 11.7. The summed E-state index contributed by atoms with van der Waals surface area (Å²) in [6.07, 6.45) is 8.01. The molecule has 0 bridgehead atoms. The Hall–Kier alpha value is -1.07. The molecule has 2 saturated heterocycles. The van der Waals surface area contributed by atoms with Gasteiger partial charge in [-0.25, -0.2) is 0 Å². The van der Waals surface area contributed by atoms with Crippen molar-refractivity contribution in [1.29, 1.82) is 0 Å². The van der Waals surface area contributed by atoms with Gasteiger partial charge in [0.15, 0.2) is 0 Å². The molecule has 3 rings (SSSR count). The summed E-state index contributed by atoms with van der Waals surface area (Å²) in [5, 5.41) is 0. The van der Waals surface area contributed by atoms with Crippen molar-refractivity contribution in [2.24, 2.45) is 11.8 Å². The Kier molecular flexibility index (Phi) is 8.22. The van der Waals surface area contributed by atoms with E-state index in [1.165, 1.54) is 61.8 Å². The first-order chi connectivity index (χ1) is 13.6. The second-order valence-corrected chi connectivity index (χ2v) is 9.29. The molecule has 1 unspecified atom stereocenters. The summed E-state index contributed by atoms with van der Waals surface area (Å²) in [4.78, 5) is 16.7. The van der Waals surface area contributed by atoms with Gasteiger partial charge in [-0.05, 0) is 93.8 Å². The van der Waals surface area contributed by atoms with Gasteiger partial charge in [0.1, 0.15) is 5.75 Å². The standard InChI is InChI=1S/C23H35BrN2O2/c1-3-23(27)26-11-4-5-19(17-26)10-14-25-12-8-18(9-13-25)15-20-16-21(28-2)6-7-22(20)24/h6-7,16,18-19H,3-5,8-15,17H2,1-2H3. The fraction of sp³-hybridized carbons (Fsp3) is 0.696. The average Bonchev–Trinajstić information content (AvgIpc) is 2.74. The Morgan fingerprint density at radius 1 is 1.18 bits per heavy atom. The van der Waals surface area contributed by atoms with Crippen molar-refractivity contribution in [2.45, 2.75) is 51.9 Å². The first-order valence-electron chi connectivity index (χ1n) is 10.9. The Morgan fingerprint density at radius 2 is 1.96 bits per heavy atom. The highest BCUT2D eigenvalue weighted by Crippen LogP contribution is 2.29. The fourth-order valence-corrected chi connectivity index (χ4v) is 5.08. The number of rotatable bonds is 7. The molecule has 0 saturated carbocycles. The number of halogens is 1. The van der Waals surface area contributed by atoms with Crippen LogP contribution < -0.4 is 4.74 Å². The van der Waals surface area contributed by atoms with E-state index >= 15 is 0 Å². The molecule has 5 heteroatoms. The predicted molar refractivity (Wildman–Crippen MR) is 118 cm³/mol. The average molecular weight is 451 g/mol. The number of likely N-dealkylation sites (tertiary alicyclic amines) is 2. The third-order valence-electron chi connectivity index (χ3n) is 6.50. The maximum atomic E-state index is 12.0. The minimum atomic E-state index is 0.328. The third kappa shape index (κ3) is 5.96. The number of methoxy groups -OCH3 is 1. The SMILES string of the molecule is CCC(=O)N1CCCC(CCN2CCC(Cc3cc(OC)ccc3Br)CC2)C1. The summed E-state index contributed by atoms with van der Waals surface area (Å²) >= 11 is 3.69. The van der Waals surface area contributed by atoms with E-state index in [2.05, 4.69) is 37.9 Å². The van der Waals surface area contributed by atoms with Gasteiger partial charge in [0.2, 0.25) is 5.91 Å². The van der Waals surface area contributed by atoms with Crippen molar-refractivity contribution in [3.05, 3.63) is 28.2 Å². The van der Waals surface area contributed by atoms with Crippen LogP contribution in [0.2, 0.25) is 0 Å². The Labute approximate surface area is 178 Å². The summed E-state index contributed by atoms with van der Waals surface area (Å²) < 4.78 is 6.58. The summed E-state index contributed by atoms with van der Waals surface area (Å²) in [5.41, 5.74) is 1.36. The largest absolute Gasteiger partial charge is 0.497 e. The van der Waals surface area contributed by atoms with Crippen molar-refractivity contribution in [1.82, 2.24) is 9.80 Å². The molecule has 2 aliphatic rings. The van der Waals surface area contributed by atoms with E-state index in [1.807, 2.05) is 13.0 Å². The zero-order valence-corrected chi connectivity index (χ0v) is 19.0. The Bertz CT molecular complexity index is 643. The van der Waals surface area contributed by atoms with E-state index in [9.17, 15) is 4.79 Å². The third-order valence-corrected chi connectivity index (χ3v) is 7.27. The quantitative estimate of drug-likeness (QED) is 0.600. The van der Waals surface area contributed by atoms with Crippen LogP contribution in [0.25, 0.3) is 0 Å². The Balaban J connectivity index is 1.40. The number of hydrogen-bond donors (Lipinski definition) is 0. The lowest BCUT2D eigenvalue weighted by Crippen LogP contribution is -2.41. The van der Waals surface area contributed by atoms with E-state index in [0.29, 0.717) is 18.2 Å². The highest BCUT2D eigenvalue weighted by atomic mass is 79.9. The van der Waals surface area contributed by atoms with Gasteiger partial charge in [-0.2, -0.15) is 0 Å². The molecule has 28 heavy (non-hydrogen) atoms. The molecule has 0 radical (unpaired) electrons. The van der Waals surface area contributed by atoms with Crippen LogP contribution in [0.15, 0.2) is 22.7 Å². The van der Waals surface area contributed by atoms with Crippen LogP contribution in [0, 0.1) is 11.8 Å². The minimum Gasteiger partial charge on any atom is -0.497 e. The second kappa shape index (κ2) is 10.6. The summed E-state index contributed by atoms with van der Waals surface area (Å²) in [6.45, 7) is 7.52. The number of hydrogen-bond acceptors (Lipinski definition) is 3. The zero-order valence-electron chi connectivity index (χ0n) is 17.5. The second-order valence-electron chi connectivity index (χ2n) is 8.44. The van der Waals surface area contributed by atoms with Crippen LogP contribution in [0.4, 0.5) is 0 Å². The van der Waals surface area contributed by atoms with E-state index in [4.69, 9.17) is 4.74 Å². The van der Waals surface area contributed by atoms with Crippen LogP contribution in [0.1, 0.15) is 51.0 Å². The van der Waals surface area contributed by atoms with Gasteiger partial charge in [0.25, 0.3) is 0 Å². The molecule has 1 aromatic rings. The number of ether oxygens (including phenoxy) is 1. The molecule has 0 aromatic heterocycles. The van der Waals surface area contributed by atoms with E-state index in [-0.39, 0.29) is 0 Å². The van der Waals surface area contributed by atoms with Crippen LogP contribution in [-0.2, 0) is 11.2 Å². The number of piperidine rings is 2. The molecule has 0 aliphatic carbocycles. The number of nitrogens with zero attached hydrogens (tertiary/aromatic N) is 2. The van der Waals surface area contributed by atoms with Crippen LogP contribution in [-0.4, -0.2) is 55.5 Å². The fourth-order valence-electron chi connectivity index (χ4n) is 4.68. The van der Waals surface area contributed by atoms with Gasteiger partial charge in [0, 0.05) is 24.0 Å². The molecule has 156 valence electrons.